The lowest BCUT2D eigenvalue weighted by atomic mass is 9.97. The molecule has 1 aromatic carbocycles. The summed E-state index contributed by atoms with van der Waals surface area (Å²) in [7, 11) is 1.76. The number of guanidine groups is 1. The fourth-order valence-electron chi connectivity index (χ4n) is 2.78. The number of hydrogen-bond donors (Lipinski definition) is 1. The molecule has 8 heteroatoms. The summed E-state index contributed by atoms with van der Waals surface area (Å²) in [5.41, 5.74) is 0. The van der Waals surface area contributed by atoms with Gasteiger partial charge in [-0.15, -0.1) is 24.0 Å². The fraction of sp³-hybridized carbons (Fsp3) is 0.556. The molecule has 26 heavy (non-hydrogen) atoms. The molecule has 0 aromatic heterocycles. The van der Waals surface area contributed by atoms with Crippen molar-refractivity contribution in [3.05, 3.63) is 29.3 Å². The summed E-state index contributed by atoms with van der Waals surface area (Å²) in [6.45, 7) is 5.04. The third-order valence-electron chi connectivity index (χ3n) is 4.09. The molecule has 0 bridgehead atoms. The third kappa shape index (κ3) is 7.19. The average molecular weight is 496 g/mol. The Morgan fingerprint density at radius 1 is 1.31 bits per heavy atom. The van der Waals surface area contributed by atoms with Gasteiger partial charge < -0.3 is 19.7 Å². The Morgan fingerprint density at radius 3 is 2.54 bits per heavy atom. The summed E-state index contributed by atoms with van der Waals surface area (Å²) >= 11 is 5.85. The van der Waals surface area contributed by atoms with Gasteiger partial charge in [0.05, 0.1) is 19.1 Å². The molecule has 0 amide bonds. The van der Waals surface area contributed by atoms with Crippen molar-refractivity contribution in [2.24, 2.45) is 10.9 Å². The van der Waals surface area contributed by atoms with Gasteiger partial charge in [0.15, 0.2) is 5.96 Å². The van der Waals surface area contributed by atoms with Crippen LogP contribution in [0.2, 0.25) is 5.02 Å². The highest BCUT2D eigenvalue weighted by Gasteiger charge is 2.27. The first kappa shape index (κ1) is 22.8. The molecule has 1 saturated heterocycles. The van der Waals surface area contributed by atoms with Gasteiger partial charge in [-0.2, -0.15) is 0 Å². The first-order valence-electron chi connectivity index (χ1n) is 8.64. The Bertz CT molecular complexity index is 576. The number of hydrogen-bond acceptors (Lipinski definition) is 4. The van der Waals surface area contributed by atoms with Crippen LogP contribution in [-0.4, -0.2) is 56.7 Å². The summed E-state index contributed by atoms with van der Waals surface area (Å²) in [6, 6.07) is 7.29. The first-order chi connectivity index (χ1) is 12.1. The number of benzene rings is 1. The van der Waals surface area contributed by atoms with Crippen molar-refractivity contribution in [3.63, 3.8) is 0 Å². The van der Waals surface area contributed by atoms with E-state index in [1.807, 2.05) is 19.1 Å². The van der Waals surface area contributed by atoms with Gasteiger partial charge >= 0.3 is 5.97 Å². The monoisotopic (exact) mass is 495 g/mol. The van der Waals surface area contributed by atoms with Crippen molar-refractivity contribution in [1.82, 2.24) is 10.2 Å². The van der Waals surface area contributed by atoms with Crippen LogP contribution in [0.15, 0.2) is 29.3 Å². The molecule has 0 spiro atoms. The minimum atomic E-state index is -0.0820. The van der Waals surface area contributed by atoms with Gasteiger partial charge in [-0.25, -0.2) is 0 Å². The highest BCUT2D eigenvalue weighted by Crippen LogP contribution is 2.19. The quantitative estimate of drug-likeness (QED) is 0.216. The van der Waals surface area contributed by atoms with Crippen LogP contribution in [0.25, 0.3) is 0 Å². The molecule has 1 aliphatic rings. The van der Waals surface area contributed by atoms with Crippen LogP contribution in [0.4, 0.5) is 0 Å². The standard InChI is InChI=1S/C18H26ClN3O3.HI/c1-3-24-17(23)14-8-11-22(12-9-14)18(20-2)21-10-13-25-16-6-4-15(19)5-7-16;/h4-7,14H,3,8-13H2,1-2H3,(H,20,21);1H. The molecule has 1 fully saturated rings. The lowest BCUT2D eigenvalue weighted by Gasteiger charge is -2.33. The number of nitrogens with zero attached hydrogens (tertiary/aromatic N) is 2. The van der Waals surface area contributed by atoms with Crippen molar-refractivity contribution in [1.29, 1.82) is 0 Å². The molecule has 1 N–H and O–H groups in total. The van der Waals surface area contributed by atoms with Crippen molar-refractivity contribution < 1.29 is 14.3 Å². The van der Waals surface area contributed by atoms with Gasteiger partial charge in [-0.1, -0.05) is 11.6 Å². The van der Waals surface area contributed by atoms with Gasteiger partial charge in [0, 0.05) is 25.2 Å². The average Bonchev–Trinajstić information content (AvgIpc) is 2.64. The normalized spacial score (nSPS) is 15.2. The van der Waals surface area contributed by atoms with E-state index >= 15 is 0 Å². The fourth-order valence-corrected chi connectivity index (χ4v) is 2.91. The number of likely N-dealkylation sites (tertiary alicyclic amines) is 1. The van der Waals surface area contributed by atoms with Crippen molar-refractivity contribution in [2.75, 3.05) is 39.9 Å². The molecular formula is C18H27ClIN3O3. The molecule has 0 saturated carbocycles. The van der Waals surface area contributed by atoms with Crippen molar-refractivity contribution in [2.45, 2.75) is 19.8 Å². The van der Waals surface area contributed by atoms with Crippen LogP contribution >= 0.6 is 35.6 Å². The molecule has 146 valence electrons. The van der Waals surface area contributed by atoms with E-state index in [2.05, 4.69) is 15.2 Å². The molecule has 2 rings (SSSR count). The molecule has 0 unspecified atom stereocenters. The Kier molecular flexibility index (Phi) is 10.7. The molecule has 6 nitrogen and oxygen atoms in total. The highest BCUT2D eigenvalue weighted by atomic mass is 127. The summed E-state index contributed by atoms with van der Waals surface area (Å²) in [4.78, 5) is 18.3. The second-order valence-electron chi connectivity index (χ2n) is 5.79. The van der Waals surface area contributed by atoms with Gasteiger partial charge in [0.1, 0.15) is 12.4 Å². The highest BCUT2D eigenvalue weighted by molar-refractivity contribution is 14.0. The van der Waals surface area contributed by atoms with Crippen molar-refractivity contribution >= 4 is 47.5 Å². The molecular weight excluding hydrogens is 469 g/mol. The molecule has 1 aliphatic heterocycles. The summed E-state index contributed by atoms with van der Waals surface area (Å²) in [5, 5.41) is 3.99. The van der Waals surface area contributed by atoms with E-state index in [1.54, 1.807) is 19.2 Å². The van der Waals surface area contributed by atoms with Crippen LogP contribution in [0, 0.1) is 5.92 Å². The maximum atomic E-state index is 11.8. The Hall–Kier alpha value is -1.22. The van der Waals surface area contributed by atoms with E-state index in [0.29, 0.717) is 24.8 Å². The first-order valence-corrected chi connectivity index (χ1v) is 9.02. The predicted octanol–water partition coefficient (Wildman–Crippen LogP) is 3.19. The number of nitrogens with one attached hydrogen (secondary N) is 1. The zero-order valence-corrected chi connectivity index (χ0v) is 18.3. The number of halogens is 2. The summed E-state index contributed by atoms with van der Waals surface area (Å²) < 4.78 is 10.8. The second-order valence-corrected chi connectivity index (χ2v) is 6.23. The zero-order valence-electron chi connectivity index (χ0n) is 15.2. The topological polar surface area (TPSA) is 63.2 Å². The number of aliphatic imine (C=N–C) groups is 1. The zero-order chi connectivity index (χ0) is 18.1. The largest absolute Gasteiger partial charge is 0.492 e. The minimum absolute atomic E-state index is 0. The summed E-state index contributed by atoms with van der Waals surface area (Å²) in [5.74, 6) is 1.54. The van der Waals surface area contributed by atoms with Gasteiger partial charge in [-0.05, 0) is 44.0 Å². The maximum absolute atomic E-state index is 11.8. The van der Waals surface area contributed by atoms with E-state index in [-0.39, 0.29) is 35.9 Å². The number of carbonyl (C=O) groups is 1. The maximum Gasteiger partial charge on any atom is 0.309 e. The lowest BCUT2D eigenvalue weighted by Crippen LogP contribution is -2.47. The molecule has 0 atom stereocenters. The van der Waals surface area contributed by atoms with Gasteiger partial charge in [-0.3, -0.25) is 9.79 Å². The van der Waals surface area contributed by atoms with Crippen LogP contribution in [0.3, 0.4) is 0 Å². The number of carbonyl (C=O) groups excluding carboxylic acids is 1. The van der Waals surface area contributed by atoms with E-state index in [1.165, 1.54) is 0 Å². The Labute approximate surface area is 177 Å². The van der Waals surface area contributed by atoms with Crippen LogP contribution in [0.1, 0.15) is 19.8 Å². The number of esters is 1. The summed E-state index contributed by atoms with van der Waals surface area (Å²) in [6.07, 6.45) is 1.58. The van der Waals surface area contributed by atoms with Gasteiger partial charge in [0.25, 0.3) is 0 Å². The number of ether oxygens (including phenoxy) is 2. The van der Waals surface area contributed by atoms with E-state index in [0.717, 1.165) is 37.6 Å². The smallest absolute Gasteiger partial charge is 0.309 e. The second kappa shape index (κ2) is 12.2. The third-order valence-corrected chi connectivity index (χ3v) is 4.35. The minimum Gasteiger partial charge on any atom is -0.492 e. The number of piperidine rings is 1. The molecule has 1 heterocycles. The van der Waals surface area contributed by atoms with Crippen LogP contribution < -0.4 is 10.1 Å². The lowest BCUT2D eigenvalue weighted by molar-refractivity contribution is -0.149. The predicted molar refractivity (Wildman–Crippen MR) is 115 cm³/mol. The van der Waals surface area contributed by atoms with E-state index in [9.17, 15) is 4.79 Å². The van der Waals surface area contributed by atoms with E-state index < -0.39 is 0 Å². The number of rotatable bonds is 6. The Morgan fingerprint density at radius 2 is 1.96 bits per heavy atom. The van der Waals surface area contributed by atoms with Crippen molar-refractivity contribution in [3.8, 4) is 5.75 Å². The van der Waals surface area contributed by atoms with Crippen LogP contribution in [0.5, 0.6) is 5.75 Å². The SMILES string of the molecule is CCOC(=O)C1CCN(C(=NC)NCCOc2ccc(Cl)cc2)CC1.I. The molecule has 0 radical (unpaired) electrons. The molecule has 0 aliphatic carbocycles. The van der Waals surface area contributed by atoms with Gasteiger partial charge in [0.2, 0.25) is 0 Å². The Balaban J connectivity index is 0.00000338. The van der Waals surface area contributed by atoms with E-state index in [4.69, 9.17) is 21.1 Å². The molecule has 1 aromatic rings. The van der Waals surface area contributed by atoms with Crippen LogP contribution in [-0.2, 0) is 9.53 Å².